The Morgan fingerprint density at radius 2 is 2.00 bits per heavy atom. The Labute approximate surface area is 77.9 Å². The van der Waals surface area contributed by atoms with E-state index in [2.05, 4.69) is 0 Å². The van der Waals surface area contributed by atoms with Crippen molar-refractivity contribution in [3.05, 3.63) is 23.7 Å². The summed E-state index contributed by atoms with van der Waals surface area (Å²) in [4.78, 5) is 11.0. The zero-order valence-corrected chi connectivity index (χ0v) is 7.88. The highest BCUT2D eigenvalue weighted by Gasteiger charge is 2.22. The van der Waals surface area contributed by atoms with Crippen LogP contribution in [0, 0.1) is 6.92 Å². The van der Waals surface area contributed by atoms with Gasteiger partial charge in [0.2, 0.25) is 0 Å². The maximum absolute atomic E-state index is 11.0. The topological polar surface area (TPSA) is 30.2 Å². The molecule has 1 aromatic rings. The first-order valence-corrected chi connectivity index (χ1v) is 4.84. The monoisotopic (exact) mass is 178 g/mol. The second kappa shape index (κ2) is 3.36. The third kappa shape index (κ3) is 1.82. The molecule has 0 atom stereocenters. The van der Waals surface area contributed by atoms with Crippen molar-refractivity contribution in [1.82, 2.24) is 0 Å². The van der Waals surface area contributed by atoms with Crippen LogP contribution >= 0.6 is 0 Å². The first kappa shape index (κ1) is 8.54. The van der Waals surface area contributed by atoms with Crippen LogP contribution in [-0.4, -0.2) is 5.78 Å². The van der Waals surface area contributed by atoms with Gasteiger partial charge in [-0.25, -0.2) is 0 Å². The van der Waals surface area contributed by atoms with Crippen molar-refractivity contribution in [2.24, 2.45) is 0 Å². The largest absolute Gasteiger partial charge is 0.466 e. The van der Waals surface area contributed by atoms with Gasteiger partial charge in [0.05, 0.1) is 0 Å². The first-order chi connectivity index (χ1) is 6.25. The summed E-state index contributed by atoms with van der Waals surface area (Å²) in [6.45, 7) is 1.96. The van der Waals surface area contributed by atoms with Gasteiger partial charge in [-0.15, -0.1) is 0 Å². The Morgan fingerprint density at radius 1 is 1.31 bits per heavy atom. The minimum absolute atomic E-state index is 0.402. The molecule has 0 aromatic carbocycles. The number of ketones is 1. The van der Waals surface area contributed by atoms with Gasteiger partial charge in [0.25, 0.3) is 0 Å². The molecule has 0 radical (unpaired) electrons. The van der Waals surface area contributed by atoms with Crippen LogP contribution in [0.4, 0.5) is 0 Å². The van der Waals surface area contributed by atoms with Crippen LogP contribution in [0.3, 0.4) is 0 Å². The molecule has 1 aliphatic rings. The Balaban J connectivity index is 2.06. The average Bonchev–Trinajstić information content (AvgIpc) is 2.53. The number of Topliss-reactive ketones (excluding diaryl/α,β-unsaturated/α-hetero) is 1. The number of aryl methyl sites for hydroxylation is 1. The van der Waals surface area contributed by atoms with Gasteiger partial charge in [-0.3, -0.25) is 4.79 Å². The van der Waals surface area contributed by atoms with E-state index in [9.17, 15) is 4.79 Å². The van der Waals surface area contributed by atoms with E-state index in [0.717, 1.165) is 37.2 Å². The molecular formula is C11H14O2. The molecule has 1 fully saturated rings. The standard InChI is InChI=1S/C11H14O2/c1-8-2-7-11(13-8)9-3-5-10(12)6-4-9/h2,7,9H,3-6H2,1H3. The number of hydrogen-bond donors (Lipinski definition) is 0. The summed E-state index contributed by atoms with van der Waals surface area (Å²) < 4.78 is 5.55. The van der Waals surface area contributed by atoms with Gasteiger partial charge in [0, 0.05) is 18.8 Å². The third-order valence-corrected chi connectivity index (χ3v) is 2.71. The molecule has 2 nitrogen and oxygen atoms in total. The van der Waals surface area contributed by atoms with Crippen LogP contribution in [-0.2, 0) is 4.79 Å². The van der Waals surface area contributed by atoms with Crippen LogP contribution in [0.25, 0.3) is 0 Å². The lowest BCUT2D eigenvalue weighted by Gasteiger charge is -2.18. The minimum atomic E-state index is 0.402. The van der Waals surface area contributed by atoms with Crippen molar-refractivity contribution in [3.63, 3.8) is 0 Å². The number of hydrogen-bond acceptors (Lipinski definition) is 2. The van der Waals surface area contributed by atoms with Crippen molar-refractivity contribution in [2.75, 3.05) is 0 Å². The second-order valence-electron chi connectivity index (χ2n) is 3.76. The molecule has 0 saturated heterocycles. The SMILES string of the molecule is Cc1ccc(C2CCC(=O)CC2)o1. The molecule has 0 amide bonds. The van der Waals surface area contributed by atoms with Crippen LogP contribution in [0.1, 0.15) is 43.1 Å². The zero-order valence-electron chi connectivity index (χ0n) is 7.88. The summed E-state index contributed by atoms with van der Waals surface area (Å²) in [5.74, 6) is 2.91. The smallest absolute Gasteiger partial charge is 0.132 e. The Morgan fingerprint density at radius 3 is 2.54 bits per heavy atom. The van der Waals surface area contributed by atoms with Gasteiger partial charge in [-0.05, 0) is 31.9 Å². The number of rotatable bonds is 1. The van der Waals surface area contributed by atoms with Gasteiger partial charge in [-0.1, -0.05) is 0 Å². The average molecular weight is 178 g/mol. The Bertz CT molecular complexity index is 302. The van der Waals surface area contributed by atoms with Gasteiger partial charge in [-0.2, -0.15) is 0 Å². The minimum Gasteiger partial charge on any atom is -0.466 e. The molecule has 2 rings (SSSR count). The van der Waals surface area contributed by atoms with E-state index in [1.54, 1.807) is 0 Å². The van der Waals surface area contributed by atoms with Crippen LogP contribution in [0.2, 0.25) is 0 Å². The lowest BCUT2D eigenvalue weighted by molar-refractivity contribution is -0.120. The van der Waals surface area contributed by atoms with Gasteiger partial charge in [0.15, 0.2) is 0 Å². The van der Waals surface area contributed by atoms with Crippen LogP contribution in [0.15, 0.2) is 16.5 Å². The Kier molecular flexibility index (Phi) is 2.21. The van der Waals surface area contributed by atoms with Crippen molar-refractivity contribution >= 4 is 5.78 Å². The quantitative estimate of drug-likeness (QED) is 0.662. The maximum Gasteiger partial charge on any atom is 0.132 e. The first-order valence-electron chi connectivity index (χ1n) is 4.84. The highest BCUT2D eigenvalue weighted by atomic mass is 16.3. The van der Waals surface area contributed by atoms with E-state index in [1.807, 2.05) is 19.1 Å². The molecule has 0 spiro atoms. The summed E-state index contributed by atoms with van der Waals surface area (Å²) in [6.07, 6.45) is 3.38. The molecule has 0 bridgehead atoms. The maximum atomic E-state index is 11.0. The van der Waals surface area contributed by atoms with Gasteiger partial charge in [0.1, 0.15) is 17.3 Å². The van der Waals surface area contributed by atoms with Crippen molar-refractivity contribution in [2.45, 2.75) is 38.5 Å². The summed E-state index contributed by atoms with van der Waals surface area (Å²) >= 11 is 0. The van der Waals surface area contributed by atoms with Gasteiger partial charge < -0.3 is 4.42 Å². The number of carbonyl (C=O) groups excluding carboxylic acids is 1. The molecule has 0 aliphatic heterocycles. The van der Waals surface area contributed by atoms with Gasteiger partial charge >= 0.3 is 0 Å². The normalized spacial score (nSPS) is 19.3. The molecular weight excluding hydrogens is 164 g/mol. The summed E-state index contributed by atoms with van der Waals surface area (Å²) in [5.41, 5.74) is 0. The number of carbonyl (C=O) groups is 1. The molecule has 2 heteroatoms. The van der Waals surface area contributed by atoms with E-state index < -0.39 is 0 Å². The highest BCUT2D eigenvalue weighted by Crippen LogP contribution is 2.31. The molecule has 70 valence electrons. The molecule has 13 heavy (non-hydrogen) atoms. The summed E-state index contributed by atoms with van der Waals surface area (Å²) in [6, 6.07) is 4.03. The predicted octanol–water partition coefficient (Wildman–Crippen LogP) is 2.81. The fraction of sp³-hybridized carbons (Fsp3) is 0.545. The fourth-order valence-corrected chi connectivity index (χ4v) is 1.90. The second-order valence-corrected chi connectivity index (χ2v) is 3.76. The Hall–Kier alpha value is -1.05. The summed E-state index contributed by atoms with van der Waals surface area (Å²) in [7, 11) is 0. The van der Waals surface area contributed by atoms with Crippen molar-refractivity contribution in [3.8, 4) is 0 Å². The van der Waals surface area contributed by atoms with E-state index in [0.29, 0.717) is 11.7 Å². The fourth-order valence-electron chi connectivity index (χ4n) is 1.90. The van der Waals surface area contributed by atoms with Crippen molar-refractivity contribution < 1.29 is 9.21 Å². The molecule has 1 aliphatic carbocycles. The molecule has 0 N–H and O–H groups in total. The van der Waals surface area contributed by atoms with E-state index in [-0.39, 0.29) is 0 Å². The molecule has 0 unspecified atom stereocenters. The van der Waals surface area contributed by atoms with E-state index in [1.165, 1.54) is 0 Å². The molecule has 1 aromatic heterocycles. The highest BCUT2D eigenvalue weighted by molar-refractivity contribution is 5.79. The molecule has 1 saturated carbocycles. The van der Waals surface area contributed by atoms with Crippen LogP contribution < -0.4 is 0 Å². The molecule has 1 heterocycles. The third-order valence-electron chi connectivity index (χ3n) is 2.71. The van der Waals surface area contributed by atoms with Crippen LogP contribution in [0.5, 0.6) is 0 Å². The van der Waals surface area contributed by atoms with Crippen molar-refractivity contribution in [1.29, 1.82) is 0 Å². The number of furan rings is 1. The lowest BCUT2D eigenvalue weighted by atomic mass is 9.87. The van der Waals surface area contributed by atoms with E-state index >= 15 is 0 Å². The van der Waals surface area contributed by atoms with E-state index in [4.69, 9.17) is 4.42 Å². The summed E-state index contributed by atoms with van der Waals surface area (Å²) in [5, 5.41) is 0. The predicted molar refractivity (Wildman–Crippen MR) is 49.7 cm³/mol. The lowest BCUT2D eigenvalue weighted by Crippen LogP contribution is -2.11. The zero-order chi connectivity index (χ0) is 9.26.